The molecule has 0 bridgehead atoms. The summed E-state index contributed by atoms with van der Waals surface area (Å²) >= 11 is 0. The standard InChI is InChI=1S/C25H21NO/c1-27-21-9-6-19-16-26-13-12-23-18(14-20(19)15-21)8-11-24-22-5-3-2-4-17(22)7-10-25(23)24/h2-13,15,26H,14,16H2,1H3/b13-12-. The van der Waals surface area contributed by atoms with Gasteiger partial charge in [0.25, 0.3) is 0 Å². The molecule has 4 aromatic carbocycles. The molecule has 2 heteroatoms. The van der Waals surface area contributed by atoms with Crippen LogP contribution in [0.2, 0.25) is 0 Å². The fraction of sp³-hybridized carbons (Fsp3) is 0.120. The predicted molar refractivity (Wildman–Crippen MR) is 113 cm³/mol. The van der Waals surface area contributed by atoms with Crippen molar-refractivity contribution < 1.29 is 4.74 Å². The van der Waals surface area contributed by atoms with Crippen molar-refractivity contribution in [1.29, 1.82) is 0 Å². The molecule has 0 amide bonds. The number of nitrogens with one attached hydrogen (secondary N) is 1. The lowest BCUT2D eigenvalue weighted by molar-refractivity contribution is 0.414. The van der Waals surface area contributed by atoms with E-state index in [1.54, 1.807) is 7.11 Å². The maximum atomic E-state index is 5.45. The van der Waals surface area contributed by atoms with E-state index >= 15 is 0 Å². The molecule has 1 N–H and O–H groups in total. The normalized spacial score (nSPS) is 14.4. The fourth-order valence-corrected chi connectivity index (χ4v) is 4.09. The van der Waals surface area contributed by atoms with Gasteiger partial charge in [-0.15, -0.1) is 0 Å². The van der Waals surface area contributed by atoms with Crippen LogP contribution in [-0.4, -0.2) is 7.11 Å². The van der Waals surface area contributed by atoms with Gasteiger partial charge in [0, 0.05) is 6.54 Å². The molecule has 0 atom stereocenters. The lowest BCUT2D eigenvalue weighted by Gasteiger charge is -2.14. The van der Waals surface area contributed by atoms with Crippen molar-refractivity contribution in [1.82, 2.24) is 5.32 Å². The van der Waals surface area contributed by atoms with E-state index < -0.39 is 0 Å². The van der Waals surface area contributed by atoms with Gasteiger partial charge in [0.15, 0.2) is 0 Å². The molecule has 0 saturated heterocycles. The second-order valence-corrected chi connectivity index (χ2v) is 7.05. The summed E-state index contributed by atoms with van der Waals surface area (Å²) in [5, 5.41) is 8.64. The van der Waals surface area contributed by atoms with Gasteiger partial charge in [0.05, 0.1) is 7.11 Å². The van der Waals surface area contributed by atoms with Gasteiger partial charge < -0.3 is 10.1 Å². The molecule has 4 aromatic rings. The first kappa shape index (κ1) is 16.0. The number of rotatable bonds is 1. The SMILES string of the molecule is COc1ccc2c(c1)Cc1ccc3c(ccc4ccccc43)c1/C=C\NC2. The summed E-state index contributed by atoms with van der Waals surface area (Å²) < 4.78 is 5.45. The Morgan fingerprint density at radius 1 is 0.778 bits per heavy atom. The summed E-state index contributed by atoms with van der Waals surface area (Å²) in [5.74, 6) is 0.911. The maximum absolute atomic E-state index is 5.45. The van der Waals surface area contributed by atoms with Crippen LogP contribution in [0.25, 0.3) is 27.6 Å². The van der Waals surface area contributed by atoms with Crippen molar-refractivity contribution >= 4 is 27.6 Å². The van der Waals surface area contributed by atoms with E-state index in [0.717, 1.165) is 18.7 Å². The van der Waals surface area contributed by atoms with Crippen molar-refractivity contribution in [2.45, 2.75) is 13.0 Å². The second-order valence-electron chi connectivity index (χ2n) is 7.05. The molecule has 1 aliphatic heterocycles. The van der Waals surface area contributed by atoms with Gasteiger partial charge in [-0.1, -0.05) is 54.6 Å². The van der Waals surface area contributed by atoms with Crippen molar-refractivity contribution in [3.05, 3.63) is 95.2 Å². The van der Waals surface area contributed by atoms with E-state index in [2.05, 4.69) is 78.3 Å². The maximum Gasteiger partial charge on any atom is 0.119 e. The van der Waals surface area contributed by atoms with E-state index in [4.69, 9.17) is 4.74 Å². The lowest BCUT2D eigenvalue weighted by Crippen LogP contribution is -2.06. The number of methoxy groups -OCH3 is 1. The van der Waals surface area contributed by atoms with Crippen molar-refractivity contribution in [3.8, 4) is 5.75 Å². The first-order chi connectivity index (χ1) is 13.3. The summed E-state index contributed by atoms with van der Waals surface area (Å²) in [6.07, 6.45) is 5.19. The molecule has 27 heavy (non-hydrogen) atoms. The Kier molecular flexibility index (Phi) is 3.83. The zero-order chi connectivity index (χ0) is 18.2. The number of hydrogen-bond acceptors (Lipinski definition) is 2. The Balaban J connectivity index is 1.74. The molecule has 0 fully saturated rings. The van der Waals surface area contributed by atoms with Crippen LogP contribution in [0, 0.1) is 0 Å². The van der Waals surface area contributed by atoms with E-state index in [1.807, 2.05) is 6.07 Å². The molecule has 132 valence electrons. The second kappa shape index (κ2) is 6.48. The summed E-state index contributed by atoms with van der Waals surface area (Å²) in [6.45, 7) is 0.824. The summed E-state index contributed by atoms with van der Waals surface area (Å²) in [6, 6.07) is 24.0. The zero-order valence-corrected chi connectivity index (χ0v) is 15.3. The molecular weight excluding hydrogens is 330 g/mol. The molecule has 2 nitrogen and oxygen atoms in total. The quantitative estimate of drug-likeness (QED) is 0.446. The van der Waals surface area contributed by atoms with Crippen LogP contribution in [0.1, 0.15) is 22.3 Å². The molecule has 0 radical (unpaired) electrons. The highest BCUT2D eigenvalue weighted by atomic mass is 16.5. The third kappa shape index (κ3) is 2.74. The molecule has 0 aromatic heterocycles. The van der Waals surface area contributed by atoms with Crippen LogP contribution in [0.4, 0.5) is 0 Å². The molecule has 0 spiro atoms. The molecule has 5 rings (SSSR count). The van der Waals surface area contributed by atoms with Crippen molar-refractivity contribution in [2.24, 2.45) is 0 Å². The largest absolute Gasteiger partial charge is 0.497 e. The van der Waals surface area contributed by atoms with Gasteiger partial charge in [-0.05, 0) is 74.6 Å². The van der Waals surface area contributed by atoms with Gasteiger partial charge in [0.1, 0.15) is 5.75 Å². The number of ether oxygens (including phenoxy) is 1. The van der Waals surface area contributed by atoms with Crippen LogP contribution in [-0.2, 0) is 13.0 Å². The minimum atomic E-state index is 0.824. The molecule has 0 saturated carbocycles. The van der Waals surface area contributed by atoms with Crippen LogP contribution < -0.4 is 10.1 Å². The van der Waals surface area contributed by atoms with Crippen molar-refractivity contribution in [2.75, 3.05) is 7.11 Å². The lowest BCUT2D eigenvalue weighted by atomic mass is 9.91. The third-order valence-electron chi connectivity index (χ3n) is 5.51. The monoisotopic (exact) mass is 351 g/mol. The van der Waals surface area contributed by atoms with Gasteiger partial charge >= 0.3 is 0 Å². The van der Waals surface area contributed by atoms with Gasteiger partial charge in [0.2, 0.25) is 0 Å². The predicted octanol–water partition coefficient (Wildman–Crippen LogP) is 5.67. The summed E-state index contributed by atoms with van der Waals surface area (Å²) in [4.78, 5) is 0. The molecule has 1 aliphatic rings. The number of fused-ring (bicyclic) bond motifs is 6. The first-order valence-corrected chi connectivity index (χ1v) is 9.32. The van der Waals surface area contributed by atoms with Crippen LogP contribution in [0.3, 0.4) is 0 Å². The molecule has 0 unspecified atom stereocenters. The highest BCUT2D eigenvalue weighted by Crippen LogP contribution is 2.32. The Hall–Kier alpha value is -3.26. The smallest absolute Gasteiger partial charge is 0.119 e. The number of hydrogen-bond donors (Lipinski definition) is 1. The number of benzene rings is 4. The topological polar surface area (TPSA) is 21.3 Å². The Morgan fingerprint density at radius 2 is 1.63 bits per heavy atom. The third-order valence-corrected chi connectivity index (χ3v) is 5.51. The highest BCUT2D eigenvalue weighted by Gasteiger charge is 2.13. The molecular formula is C25H21NO. The van der Waals surface area contributed by atoms with E-state index in [9.17, 15) is 0 Å². The van der Waals surface area contributed by atoms with E-state index in [-0.39, 0.29) is 0 Å². The summed E-state index contributed by atoms with van der Waals surface area (Å²) in [7, 11) is 1.73. The average Bonchev–Trinajstić information content (AvgIpc) is 2.81. The summed E-state index contributed by atoms with van der Waals surface area (Å²) in [5.41, 5.74) is 5.26. The fourth-order valence-electron chi connectivity index (χ4n) is 4.09. The van der Waals surface area contributed by atoms with Crippen LogP contribution in [0.5, 0.6) is 5.75 Å². The zero-order valence-electron chi connectivity index (χ0n) is 15.3. The van der Waals surface area contributed by atoms with Gasteiger partial charge in [-0.3, -0.25) is 0 Å². The van der Waals surface area contributed by atoms with Gasteiger partial charge in [-0.25, -0.2) is 0 Å². The van der Waals surface area contributed by atoms with E-state index in [1.165, 1.54) is 43.8 Å². The minimum Gasteiger partial charge on any atom is -0.497 e. The average molecular weight is 351 g/mol. The Bertz CT molecular complexity index is 1190. The van der Waals surface area contributed by atoms with Crippen molar-refractivity contribution in [3.63, 3.8) is 0 Å². The Morgan fingerprint density at radius 3 is 2.56 bits per heavy atom. The minimum absolute atomic E-state index is 0.824. The molecule has 1 heterocycles. The molecule has 0 aliphatic carbocycles. The van der Waals surface area contributed by atoms with Crippen LogP contribution >= 0.6 is 0 Å². The highest BCUT2D eigenvalue weighted by molar-refractivity contribution is 6.10. The Labute approximate surface area is 159 Å². The van der Waals surface area contributed by atoms with Gasteiger partial charge in [-0.2, -0.15) is 0 Å². The van der Waals surface area contributed by atoms with E-state index in [0.29, 0.717) is 0 Å². The van der Waals surface area contributed by atoms with Crippen LogP contribution in [0.15, 0.2) is 72.9 Å². The first-order valence-electron chi connectivity index (χ1n) is 9.32.